The highest BCUT2D eigenvalue weighted by atomic mass is 32.1. The van der Waals surface area contributed by atoms with Gasteiger partial charge in [-0.1, -0.05) is 18.6 Å². The first-order valence-corrected chi connectivity index (χ1v) is 13.4. The average molecular weight is 491 g/mol. The molecule has 6 nitrogen and oxygen atoms in total. The summed E-state index contributed by atoms with van der Waals surface area (Å²) in [7, 11) is 0. The van der Waals surface area contributed by atoms with Crippen molar-refractivity contribution >= 4 is 33.3 Å². The molecule has 5 aromatic heterocycles. The number of aromatic amines is 2. The molecular weight excluding hydrogens is 464 g/mol. The number of piperidine rings is 1. The van der Waals surface area contributed by atoms with E-state index >= 15 is 0 Å². The van der Waals surface area contributed by atoms with E-state index in [0.29, 0.717) is 0 Å². The van der Waals surface area contributed by atoms with E-state index in [4.69, 9.17) is 4.98 Å². The molecule has 7 heteroatoms. The maximum absolute atomic E-state index is 5.05. The van der Waals surface area contributed by atoms with Gasteiger partial charge in [0.15, 0.2) is 0 Å². The first kappa shape index (κ1) is 21.5. The molecule has 0 atom stereocenters. The highest BCUT2D eigenvalue weighted by Gasteiger charge is 2.16. The second kappa shape index (κ2) is 9.00. The zero-order valence-corrected chi connectivity index (χ0v) is 20.7. The Bertz CT molecular complexity index is 1660. The van der Waals surface area contributed by atoms with Crippen molar-refractivity contribution in [3.8, 4) is 33.8 Å². The molecule has 1 saturated heterocycles. The summed E-state index contributed by atoms with van der Waals surface area (Å²) < 4.78 is 0. The lowest BCUT2D eigenvalue weighted by Gasteiger charge is -2.26. The third-order valence-corrected chi connectivity index (χ3v) is 7.79. The zero-order chi connectivity index (χ0) is 23.9. The van der Waals surface area contributed by atoms with E-state index in [-0.39, 0.29) is 0 Å². The minimum Gasteiger partial charge on any atom is -0.353 e. The van der Waals surface area contributed by atoms with Crippen molar-refractivity contribution in [2.24, 2.45) is 0 Å². The number of H-pyrrole nitrogens is 2. The smallest absolute Gasteiger partial charge is 0.135 e. The van der Waals surface area contributed by atoms with Crippen LogP contribution in [0.1, 0.15) is 24.8 Å². The van der Waals surface area contributed by atoms with E-state index in [0.717, 1.165) is 45.7 Å². The number of nitrogens with one attached hydrogen (secondary N) is 2. The largest absolute Gasteiger partial charge is 0.353 e. The molecule has 1 fully saturated rings. The van der Waals surface area contributed by atoms with Crippen LogP contribution in [0.3, 0.4) is 0 Å². The third kappa shape index (κ3) is 3.90. The van der Waals surface area contributed by atoms with E-state index in [2.05, 4.69) is 78.3 Å². The Kier molecular flexibility index (Phi) is 5.37. The summed E-state index contributed by atoms with van der Waals surface area (Å²) in [5.74, 6) is 0. The van der Waals surface area contributed by atoms with Crippen molar-refractivity contribution in [3.63, 3.8) is 0 Å². The maximum atomic E-state index is 5.05. The van der Waals surface area contributed by atoms with Gasteiger partial charge in [-0.25, -0.2) is 4.98 Å². The van der Waals surface area contributed by atoms with E-state index in [1.54, 1.807) is 11.3 Å². The van der Waals surface area contributed by atoms with Gasteiger partial charge in [0.05, 0.1) is 16.9 Å². The Labute approximate surface area is 213 Å². The Morgan fingerprint density at radius 1 is 0.917 bits per heavy atom. The number of hydrogen-bond acceptors (Lipinski definition) is 5. The van der Waals surface area contributed by atoms with Crippen molar-refractivity contribution < 1.29 is 0 Å². The van der Waals surface area contributed by atoms with Crippen molar-refractivity contribution in [2.45, 2.75) is 25.8 Å². The van der Waals surface area contributed by atoms with Crippen LogP contribution >= 0.6 is 11.3 Å². The lowest BCUT2D eigenvalue weighted by molar-refractivity contribution is 0.220. The number of hydrogen-bond donors (Lipinski definition) is 2. The summed E-state index contributed by atoms with van der Waals surface area (Å²) in [5.41, 5.74) is 10.3. The van der Waals surface area contributed by atoms with Gasteiger partial charge in [-0.15, -0.1) is 0 Å². The summed E-state index contributed by atoms with van der Waals surface area (Å²) in [6, 6.07) is 17.1. The molecule has 7 rings (SSSR count). The highest BCUT2D eigenvalue weighted by Crippen LogP contribution is 2.35. The molecule has 1 aliphatic heterocycles. The SMILES string of the molecule is c1cc(-c2ccsc2)c2cc(-c3n[nH]c4ccc(-c5cncc(CN6CCCCC6)c5)nc34)[nH]c2c1. The number of pyridine rings is 2. The number of benzene rings is 1. The molecule has 36 heavy (non-hydrogen) atoms. The number of fused-ring (bicyclic) bond motifs is 2. The first-order valence-electron chi connectivity index (χ1n) is 12.5. The predicted octanol–water partition coefficient (Wildman–Crippen LogP) is 6.88. The normalized spacial score (nSPS) is 14.7. The number of aromatic nitrogens is 5. The van der Waals surface area contributed by atoms with Gasteiger partial charge in [-0.05, 0) is 89.8 Å². The van der Waals surface area contributed by atoms with Gasteiger partial charge in [0, 0.05) is 35.4 Å². The molecule has 6 heterocycles. The second-order valence-electron chi connectivity index (χ2n) is 9.55. The molecule has 1 aliphatic rings. The summed E-state index contributed by atoms with van der Waals surface area (Å²) >= 11 is 1.71. The second-order valence-corrected chi connectivity index (χ2v) is 10.3. The standard InChI is InChI=1S/C29H26N6S/c1-2-10-35(11-3-1)17-19-13-21(16-30-15-19)24-7-8-26-28(32-24)29(34-33-26)27-14-23-22(20-9-12-36-18-20)5-4-6-25(23)31-27/h4-9,12-16,18,31H,1-3,10-11,17H2,(H,33,34). The van der Waals surface area contributed by atoms with Gasteiger partial charge in [0.2, 0.25) is 0 Å². The van der Waals surface area contributed by atoms with E-state index < -0.39 is 0 Å². The van der Waals surface area contributed by atoms with Gasteiger partial charge in [-0.3, -0.25) is 15.0 Å². The van der Waals surface area contributed by atoms with Gasteiger partial charge in [0.1, 0.15) is 11.2 Å². The quantitative estimate of drug-likeness (QED) is 0.276. The Morgan fingerprint density at radius 3 is 2.75 bits per heavy atom. The summed E-state index contributed by atoms with van der Waals surface area (Å²) in [6.07, 6.45) is 7.81. The molecule has 0 amide bonds. The molecule has 0 spiro atoms. The van der Waals surface area contributed by atoms with Gasteiger partial charge < -0.3 is 4.98 Å². The van der Waals surface area contributed by atoms with Gasteiger partial charge in [-0.2, -0.15) is 16.4 Å². The maximum Gasteiger partial charge on any atom is 0.135 e. The minimum absolute atomic E-state index is 0.830. The van der Waals surface area contributed by atoms with E-state index in [9.17, 15) is 0 Å². The van der Waals surface area contributed by atoms with Crippen LogP contribution in [-0.2, 0) is 6.54 Å². The Balaban J connectivity index is 1.26. The van der Waals surface area contributed by atoms with Crippen LogP contribution in [0.5, 0.6) is 0 Å². The van der Waals surface area contributed by atoms with Crippen molar-refractivity contribution in [1.29, 1.82) is 0 Å². The van der Waals surface area contributed by atoms with Crippen LogP contribution in [-0.4, -0.2) is 43.1 Å². The van der Waals surface area contributed by atoms with Crippen LogP contribution < -0.4 is 0 Å². The molecule has 0 radical (unpaired) electrons. The monoisotopic (exact) mass is 490 g/mol. The van der Waals surface area contributed by atoms with Crippen molar-refractivity contribution in [1.82, 2.24) is 30.0 Å². The van der Waals surface area contributed by atoms with Crippen LogP contribution in [0.15, 0.2) is 71.7 Å². The van der Waals surface area contributed by atoms with Gasteiger partial charge in [0.25, 0.3) is 0 Å². The molecular formula is C29H26N6S. The molecule has 0 bridgehead atoms. The van der Waals surface area contributed by atoms with Crippen LogP contribution in [0.2, 0.25) is 0 Å². The average Bonchev–Trinajstić information content (AvgIpc) is 3.68. The molecule has 0 saturated carbocycles. The molecule has 1 aromatic carbocycles. The molecule has 0 aliphatic carbocycles. The third-order valence-electron chi connectivity index (χ3n) is 7.10. The summed E-state index contributed by atoms with van der Waals surface area (Å²) in [4.78, 5) is 15.7. The number of thiophene rings is 1. The predicted molar refractivity (Wildman–Crippen MR) is 147 cm³/mol. The Hall–Kier alpha value is -3.81. The van der Waals surface area contributed by atoms with Gasteiger partial charge >= 0.3 is 0 Å². The Morgan fingerprint density at radius 2 is 1.86 bits per heavy atom. The van der Waals surface area contributed by atoms with E-state index in [1.807, 2.05) is 18.5 Å². The number of likely N-dealkylation sites (tertiary alicyclic amines) is 1. The highest BCUT2D eigenvalue weighted by molar-refractivity contribution is 7.08. The van der Waals surface area contributed by atoms with Crippen LogP contribution in [0.25, 0.3) is 55.7 Å². The fourth-order valence-electron chi connectivity index (χ4n) is 5.29. The molecule has 0 unspecified atom stereocenters. The molecule has 6 aromatic rings. The van der Waals surface area contributed by atoms with Crippen LogP contribution in [0.4, 0.5) is 0 Å². The van der Waals surface area contributed by atoms with E-state index in [1.165, 1.54) is 54.4 Å². The fourth-order valence-corrected chi connectivity index (χ4v) is 5.95. The number of rotatable bonds is 5. The number of nitrogens with zero attached hydrogens (tertiary/aromatic N) is 4. The molecule has 178 valence electrons. The first-order chi connectivity index (χ1) is 17.8. The molecule has 2 N–H and O–H groups in total. The topological polar surface area (TPSA) is 73.5 Å². The fraction of sp³-hybridized carbons (Fsp3) is 0.207. The zero-order valence-electron chi connectivity index (χ0n) is 19.9. The van der Waals surface area contributed by atoms with Crippen LogP contribution in [0, 0.1) is 0 Å². The lowest BCUT2D eigenvalue weighted by Crippen LogP contribution is -2.29. The summed E-state index contributed by atoms with van der Waals surface area (Å²) in [6.45, 7) is 3.29. The minimum atomic E-state index is 0.830. The van der Waals surface area contributed by atoms with Crippen molar-refractivity contribution in [2.75, 3.05) is 13.1 Å². The van der Waals surface area contributed by atoms with Crippen molar-refractivity contribution in [3.05, 3.63) is 77.2 Å². The lowest BCUT2D eigenvalue weighted by atomic mass is 10.0. The summed E-state index contributed by atoms with van der Waals surface area (Å²) in [5, 5.41) is 13.3.